The van der Waals surface area contributed by atoms with Crippen LogP contribution in [0.4, 0.5) is 51.2 Å². The number of nitriles is 4. The summed E-state index contributed by atoms with van der Waals surface area (Å²) in [5.41, 5.74) is 6.97. The van der Waals surface area contributed by atoms with Crippen molar-refractivity contribution in [2.45, 2.75) is 0 Å². The summed E-state index contributed by atoms with van der Waals surface area (Å²) in [7, 11) is 0. The molecule has 0 amide bonds. The summed E-state index contributed by atoms with van der Waals surface area (Å²) in [6.07, 6.45) is 0. The number of benzene rings is 8. The zero-order valence-electron chi connectivity index (χ0n) is 32.4. The van der Waals surface area contributed by atoms with Gasteiger partial charge in [-0.2, -0.15) is 21.0 Å². The molecular formula is C52H27N7O3. The first kappa shape index (κ1) is 35.7. The molecule has 62 heavy (non-hydrogen) atoms. The van der Waals surface area contributed by atoms with Crippen LogP contribution in [0.1, 0.15) is 22.3 Å². The topological polar surface area (TPSA) is 133 Å². The van der Waals surface area contributed by atoms with Gasteiger partial charge in [0.1, 0.15) is 24.3 Å². The number of ether oxygens (including phenoxy) is 3. The Morgan fingerprint density at radius 2 is 0.774 bits per heavy atom. The highest BCUT2D eigenvalue weighted by Crippen LogP contribution is 2.60. The molecule has 0 bridgehead atoms. The fraction of sp³-hybridized carbons (Fsp3) is 0. The number of fused-ring (bicyclic) bond motifs is 6. The zero-order valence-corrected chi connectivity index (χ0v) is 32.4. The van der Waals surface area contributed by atoms with Gasteiger partial charge in [-0.1, -0.05) is 66.7 Å². The number of rotatable bonds is 4. The number of anilines is 9. The smallest absolute Gasteiger partial charge is 0.154 e. The molecule has 0 aliphatic carbocycles. The summed E-state index contributed by atoms with van der Waals surface area (Å²) >= 11 is 0. The molecule has 8 aromatic rings. The first-order valence-corrected chi connectivity index (χ1v) is 19.6. The molecule has 10 heteroatoms. The third kappa shape index (κ3) is 5.40. The van der Waals surface area contributed by atoms with Gasteiger partial charge in [0.2, 0.25) is 0 Å². The number of para-hydroxylation sites is 9. The molecule has 0 aromatic heterocycles. The van der Waals surface area contributed by atoms with Crippen molar-refractivity contribution in [3.8, 4) is 69.9 Å². The van der Waals surface area contributed by atoms with Gasteiger partial charge in [0.15, 0.2) is 34.5 Å². The fourth-order valence-corrected chi connectivity index (χ4v) is 8.54. The largest absolute Gasteiger partial charge is 0.453 e. The van der Waals surface area contributed by atoms with E-state index in [1.165, 1.54) is 6.07 Å². The van der Waals surface area contributed by atoms with Crippen LogP contribution in [0, 0.1) is 45.3 Å². The molecule has 8 aromatic carbocycles. The van der Waals surface area contributed by atoms with E-state index in [0.29, 0.717) is 57.1 Å². The molecule has 3 aliphatic heterocycles. The average molecular weight is 798 g/mol. The van der Waals surface area contributed by atoms with E-state index in [0.717, 1.165) is 34.1 Å². The molecule has 0 atom stereocenters. The van der Waals surface area contributed by atoms with Crippen LogP contribution in [0.2, 0.25) is 0 Å². The van der Waals surface area contributed by atoms with Gasteiger partial charge in [0.05, 0.1) is 67.8 Å². The maximum atomic E-state index is 10.8. The SMILES string of the molecule is N#Cc1cc(C#N)c(C#N)c(-c2cc(N3c4ccccc4Oc4ccccc43)cc3c2N(c2ccccc2)c2ccc(N4c5ccccc5Oc5ccccc54)cc2O3)c1C#N. The first-order valence-electron chi connectivity index (χ1n) is 19.6. The van der Waals surface area contributed by atoms with Gasteiger partial charge in [0.25, 0.3) is 0 Å². The fourth-order valence-electron chi connectivity index (χ4n) is 8.54. The number of hydrogen-bond acceptors (Lipinski definition) is 10. The highest BCUT2D eigenvalue weighted by Gasteiger charge is 2.36. The van der Waals surface area contributed by atoms with Gasteiger partial charge in [0, 0.05) is 28.9 Å². The highest BCUT2D eigenvalue weighted by molar-refractivity contribution is 6.02. The van der Waals surface area contributed by atoms with E-state index in [2.05, 4.69) is 29.2 Å². The maximum Gasteiger partial charge on any atom is 0.154 e. The van der Waals surface area contributed by atoms with Crippen LogP contribution in [0.15, 0.2) is 164 Å². The summed E-state index contributed by atoms with van der Waals surface area (Å²) in [6, 6.07) is 60.6. The summed E-state index contributed by atoms with van der Waals surface area (Å²) < 4.78 is 19.8. The van der Waals surface area contributed by atoms with Crippen LogP contribution in [0.25, 0.3) is 11.1 Å². The second kappa shape index (κ2) is 14.1. The lowest BCUT2D eigenvalue weighted by atomic mass is 9.87. The number of nitrogens with zero attached hydrogens (tertiary/aromatic N) is 7. The lowest BCUT2D eigenvalue weighted by molar-refractivity contribution is 0.473. The average Bonchev–Trinajstić information content (AvgIpc) is 3.33. The van der Waals surface area contributed by atoms with Crippen LogP contribution in [0.5, 0.6) is 34.5 Å². The maximum absolute atomic E-state index is 10.8. The molecule has 288 valence electrons. The first-order chi connectivity index (χ1) is 30.6. The Morgan fingerprint density at radius 3 is 1.27 bits per heavy atom. The van der Waals surface area contributed by atoms with Crippen molar-refractivity contribution in [2.75, 3.05) is 14.7 Å². The molecule has 0 saturated heterocycles. The Morgan fingerprint density at radius 1 is 0.339 bits per heavy atom. The van der Waals surface area contributed by atoms with Crippen molar-refractivity contribution in [1.82, 2.24) is 0 Å². The molecule has 0 radical (unpaired) electrons. The summed E-state index contributed by atoms with van der Waals surface area (Å²) in [6.45, 7) is 0. The Balaban J connectivity index is 1.22. The Labute approximate surface area is 355 Å². The molecular weight excluding hydrogens is 771 g/mol. The normalized spacial score (nSPS) is 12.4. The molecule has 0 unspecified atom stereocenters. The Kier molecular flexibility index (Phi) is 8.12. The minimum atomic E-state index is -0.0380. The van der Waals surface area contributed by atoms with Crippen molar-refractivity contribution in [3.63, 3.8) is 0 Å². The van der Waals surface area contributed by atoms with Gasteiger partial charge >= 0.3 is 0 Å². The molecule has 0 saturated carbocycles. The standard InChI is InChI=1S/C52H27N7O3/c53-28-32-24-33(29-54)39(31-56)51(38(32)30-55)37-25-36(58-42-16-6-10-20-47(42)61-48-21-11-7-17-43(48)58)27-50-52(37)59(34-12-2-1-3-13-34)44-23-22-35(26-49(44)62-50)57-40-14-4-8-18-45(40)60-46-19-9-5-15-41(46)57/h1-27H. The van der Waals surface area contributed by atoms with E-state index in [1.54, 1.807) is 0 Å². The summed E-state index contributed by atoms with van der Waals surface area (Å²) in [5.74, 6) is 3.57. The molecule has 0 N–H and O–H groups in total. The van der Waals surface area contributed by atoms with Crippen molar-refractivity contribution in [1.29, 1.82) is 21.0 Å². The van der Waals surface area contributed by atoms with Crippen LogP contribution < -0.4 is 28.9 Å². The van der Waals surface area contributed by atoms with Crippen LogP contribution in [0.3, 0.4) is 0 Å². The summed E-state index contributed by atoms with van der Waals surface area (Å²) in [5, 5.41) is 42.4. The monoisotopic (exact) mass is 797 g/mol. The minimum absolute atomic E-state index is 0.0293. The van der Waals surface area contributed by atoms with Crippen LogP contribution in [-0.2, 0) is 0 Å². The number of hydrogen-bond donors (Lipinski definition) is 0. The van der Waals surface area contributed by atoms with Gasteiger partial charge in [-0.05, 0) is 84.9 Å². The predicted octanol–water partition coefficient (Wildman–Crippen LogP) is 13.6. The lowest BCUT2D eigenvalue weighted by Crippen LogP contribution is -2.20. The minimum Gasteiger partial charge on any atom is -0.453 e. The van der Waals surface area contributed by atoms with E-state index in [-0.39, 0.29) is 27.8 Å². The van der Waals surface area contributed by atoms with E-state index in [9.17, 15) is 21.0 Å². The zero-order chi connectivity index (χ0) is 41.9. The van der Waals surface area contributed by atoms with E-state index in [4.69, 9.17) is 14.2 Å². The van der Waals surface area contributed by atoms with Crippen molar-refractivity contribution in [3.05, 3.63) is 186 Å². The predicted molar refractivity (Wildman–Crippen MR) is 235 cm³/mol. The molecule has 3 aliphatic rings. The van der Waals surface area contributed by atoms with Gasteiger partial charge in [-0.3, -0.25) is 0 Å². The van der Waals surface area contributed by atoms with Crippen molar-refractivity contribution < 1.29 is 14.2 Å². The summed E-state index contributed by atoms with van der Waals surface area (Å²) in [4.78, 5) is 6.21. The van der Waals surface area contributed by atoms with Crippen molar-refractivity contribution >= 4 is 51.2 Å². The van der Waals surface area contributed by atoms with Gasteiger partial charge in [-0.15, -0.1) is 0 Å². The molecule has 11 rings (SSSR count). The Hall–Kier alpha value is -9.48. The molecule has 0 fully saturated rings. The third-order valence-electron chi connectivity index (χ3n) is 11.1. The van der Waals surface area contributed by atoms with Gasteiger partial charge < -0.3 is 28.9 Å². The Bertz CT molecular complexity index is 3230. The highest BCUT2D eigenvalue weighted by atomic mass is 16.5. The van der Waals surface area contributed by atoms with E-state index in [1.807, 2.05) is 168 Å². The second-order valence-electron chi connectivity index (χ2n) is 14.6. The van der Waals surface area contributed by atoms with E-state index < -0.39 is 0 Å². The quantitative estimate of drug-likeness (QED) is 0.169. The second-order valence-corrected chi connectivity index (χ2v) is 14.6. The third-order valence-corrected chi connectivity index (χ3v) is 11.1. The van der Waals surface area contributed by atoms with Crippen LogP contribution in [-0.4, -0.2) is 0 Å². The molecule has 10 nitrogen and oxygen atoms in total. The molecule has 3 heterocycles. The lowest BCUT2D eigenvalue weighted by Gasteiger charge is -2.38. The molecule has 0 spiro atoms. The van der Waals surface area contributed by atoms with Crippen molar-refractivity contribution in [2.24, 2.45) is 0 Å². The van der Waals surface area contributed by atoms with Gasteiger partial charge in [-0.25, -0.2) is 0 Å². The van der Waals surface area contributed by atoms with Crippen LogP contribution >= 0.6 is 0 Å². The van der Waals surface area contributed by atoms with E-state index >= 15 is 0 Å².